The van der Waals surface area contributed by atoms with E-state index >= 15 is 0 Å². The lowest BCUT2D eigenvalue weighted by Gasteiger charge is -2.18. The molecule has 1 amide bonds. The molecule has 0 aliphatic heterocycles. The SMILES string of the molecule is Cc1cccc(-n2c(SC(C)C(=O)Nc3ccccc3)nc3ccccc3c2=O)c1C. The van der Waals surface area contributed by atoms with E-state index in [2.05, 4.69) is 5.32 Å². The molecule has 0 fully saturated rings. The van der Waals surface area contributed by atoms with Crippen LogP contribution in [0.1, 0.15) is 18.1 Å². The van der Waals surface area contributed by atoms with Crippen LogP contribution >= 0.6 is 11.8 Å². The summed E-state index contributed by atoms with van der Waals surface area (Å²) in [7, 11) is 0. The zero-order chi connectivity index (χ0) is 22.0. The van der Waals surface area contributed by atoms with Gasteiger partial charge in [-0.25, -0.2) is 4.98 Å². The van der Waals surface area contributed by atoms with Gasteiger partial charge in [0.25, 0.3) is 5.56 Å². The molecule has 6 heteroatoms. The molecule has 3 aromatic carbocycles. The zero-order valence-electron chi connectivity index (χ0n) is 17.6. The summed E-state index contributed by atoms with van der Waals surface area (Å²) in [6.45, 7) is 5.82. The number of thioether (sulfide) groups is 1. The number of para-hydroxylation sites is 2. The molecule has 1 aromatic heterocycles. The van der Waals surface area contributed by atoms with Crippen LogP contribution < -0.4 is 10.9 Å². The number of amides is 1. The summed E-state index contributed by atoms with van der Waals surface area (Å²) >= 11 is 1.28. The minimum absolute atomic E-state index is 0.141. The van der Waals surface area contributed by atoms with Gasteiger partial charge in [-0.15, -0.1) is 0 Å². The molecule has 0 saturated carbocycles. The normalized spacial score (nSPS) is 12.0. The molecule has 0 radical (unpaired) electrons. The van der Waals surface area contributed by atoms with E-state index in [9.17, 15) is 9.59 Å². The predicted molar refractivity (Wildman–Crippen MR) is 127 cm³/mol. The van der Waals surface area contributed by atoms with Crippen molar-refractivity contribution in [3.05, 3.63) is 94.3 Å². The minimum atomic E-state index is -0.454. The largest absolute Gasteiger partial charge is 0.325 e. The van der Waals surface area contributed by atoms with E-state index in [1.807, 2.05) is 87.5 Å². The van der Waals surface area contributed by atoms with Gasteiger partial charge in [-0.1, -0.05) is 54.2 Å². The van der Waals surface area contributed by atoms with Gasteiger partial charge in [0, 0.05) is 5.69 Å². The fraction of sp³-hybridized carbons (Fsp3) is 0.160. The van der Waals surface area contributed by atoms with Crippen LogP contribution in [0.15, 0.2) is 82.7 Å². The number of carbonyl (C=O) groups is 1. The Morgan fingerprint density at radius 2 is 1.68 bits per heavy atom. The Kier molecular flexibility index (Phi) is 5.91. The van der Waals surface area contributed by atoms with Gasteiger partial charge in [0.05, 0.1) is 21.8 Å². The number of benzene rings is 3. The molecule has 156 valence electrons. The Balaban J connectivity index is 1.78. The second kappa shape index (κ2) is 8.78. The zero-order valence-corrected chi connectivity index (χ0v) is 18.4. The van der Waals surface area contributed by atoms with Crippen molar-refractivity contribution in [3.63, 3.8) is 0 Å². The van der Waals surface area contributed by atoms with Crippen LogP contribution in [0, 0.1) is 13.8 Å². The molecule has 1 N–H and O–H groups in total. The highest BCUT2D eigenvalue weighted by atomic mass is 32.2. The predicted octanol–water partition coefficient (Wildman–Crippen LogP) is 5.12. The van der Waals surface area contributed by atoms with Crippen LogP contribution in [0.5, 0.6) is 0 Å². The molecular weight excluding hydrogens is 406 g/mol. The lowest BCUT2D eigenvalue weighted by molar-refractivity contribution is -0.115. The van der Waals surface area contributed by atoms with Crippen LogP contribution in [0.25, 0.3) is 16.6 Å². The first-order valence-corrected chi connectivity index (χ1v) is 10.9. The fourth-order valence-electron chi connectivity index (χ4n) is 3.36. The van der Waals surface area contributed by atoms with Gasteiger partial charge in [0.1, 0.15) is 0 Å². The van der Waals surface area contributed by atoms with E-state index in [0.717, 1.165) is 22.5 Å². The molecule has 1 unspecified atom stereocenters. The first-order valence-electron chi connectivity index (χ1n) is 10.1. The maximum atomic E-state index is 13.5. The van der Waals surface area contributed by atoms with Crippen molar-refractivity contribution < 1.29 is 4.79 Å². The lowest BCUT2D eigenvalue weighted by atomic mass is 10.1. The topological polar surface area (TPSA) is 64.0 Å². The Hall–Kier alpha value is -3.38. The quantitative estimate of drug-likeness (QED) is 0.353. The van der Waals surface area contributed by atoms with Crippen LogP contribution in [0.3, 0.4) is 0 Å². The Morgan fingerprint density at radius 3 is 2.45 bits per heavy atom. The lowest BCUT2D eigenvalue weighted by Crippen LogP contribution is -2.26. The first-order chi connectivity index (χ1) is 15.0. The summed E-state index contributed by atoms with van der Waals surface area (Å²) in [5.74, 6) is -0.147. The summed E-state index contributed by atoms with van der Waals surface area (Å²) < 4.78 is 1.63. The van der Waals surface area contributed by atoms with Crippen molar-refractivity contribution in [2.24, 2.45) is 0 Å². The van der Waals surface area contributed by atoms with Crippen molar-refractivity contribution in [1.82, 2.24) is 9.55 Å². The monoisotopic (exact) mass is 429 g/mol. The third-order valence-corrected chi connectivity index (χ3v) is 6.31. The summed E-state index contributed by atoms with van der Waals surface area (Å²) in [4.78, 5) is 31.0. The highest BCUT2D eigenvalue weighted by Gasteiger charge is 2.21. The number of anilines is 1. The van der Waals surface area contributed by atoms with Crippen molar-refractivity contribution in [3.8, 4) is 5.69 Å². The number of nitrogens with zero attached hydrogens (tertiary/aromatic N) is 2. The molecule has 5 nitrogen and oxygen atoms in total. The molecule has 0 aliphatic carbocycles. The maximum absolute atomic E-state index is 13.5. The van der Waals surface area contributed by atoms with E-state index in [-0.39, 0.29) is 11.5 Å². The summed E-state index contributed by atoms with van der Waals surface area (Å²) in [5, 5.41) is 3.51. The average Bonchev–Trinajstić information content (AvgIpc) is 2.77. The van der Waals surface area contributed by atoms with Crippen LogP contribution in [-0.2, 0) is 4.79 Å². The van der Waals surface area contributed by atoms with Crippen LogP contribution in [-0.4, -0.2) is 20.7 Å². The van der Waals surface area contributed by atoms with E-state index in [4.69, 9.17) is 4.98 Å². The van der Waals surface area contributed by atoms with Gasteiger partial charge < -0.3 is 5.32 Å². The Bertz CT molecular complexity index is 1320. The number of hydrogen-bond acceptors (Lipinski definition) is 4. The average molecular weight is 430 g/mol. The molecule has 4 rings (SSSR count). The summed E-state index contributed by atoms with van der Waals surface area (Å²) in [6, 6.07) is 22.5. The van der Waals surface area contributed by atoms with Crippen molar-refractivity contribution in [1.29, 1.82) is 0 Å². The second-order valence-electron chi connectivity index (χ2n) is 7.39. The minimum Gasteiger partial charge on any atom is -0.325 e. The van der Waals surface area contributed by atoms with Crippen molar-refractivity contribution in [2.75, 3.05) is 5.32 Å². The molecular formula is C25H23N3O2S. The van der Waals surface area contributed by atoms with Crippen LogP contribution in [0.2, 0.25) is 0 Å². The van der Waals surface area contributed by atoms with Crippen LogP contribution in [0.4, 0.5) is 5.69 Å². The molecule has 1 atom stereocenters. The number of rotatable bonds is 5. The van der Waals surface area contributed by atoms with Gasteiger partial charge in [0.15, 0.2) is 5.16 Å². The van der Waals surface area contributed by atoms with Gasteiger partial charge in [-0.05, 0) is 62.2 Å². The molecule has 0 aliphatic rings. The standard InChI is InChI=1S/C25H23N3O2S/c1-16-10-9-15-22(17(16)2)28-24(30)20-13-7-8-14-21(20)27-25(28)31-18(3)23(29)26-19-11-5-4-6-12-19/h4-15,18H,1-3H3,(H,26,29). The van der Waals surface area contributed by atoms with Gasteiger partial charge in [0.2, 0.25) is 5.91 Å². The fourth-order valence-corrected chi connectivity index (χ4v) is 4.28. The van der Waals surface area contributed by atoms with E-state index in [1.54, 1.807) is 10.6 Å². The highest BCUT2D eigenvalue weighted by Crippen LogP contribution is 2.27. The van der Waals surface area contributed by atoms with E-state index in [0.29, 0.717) is 16.1 Å². The smallest absolute Gasteiger partial charge is 0.266 e. The number of fused-ring (bicyclic) bond motifs is 1. The van der Waals surface area contributed by atoms with E-state index < -0.39 is 5.25 Å². The third kappa shape index (κ3) is 4.25. The molecule has 0 spiro atoms. The molecule has 0 saturated heterocycles. The number of carbonyl (C=O) groups excluding carboxylic acids is 1. The maximum Gasteiger partial charge on any atom is 0.266 e. The van der Waals surface area contributed by atoms with Gasteiger partial charge >= 0.3 is 0 Å². The Labute approximate surface area is 185 Å². The molecule has 4 aromatic rings. The highest BCUT2D eigenvalue weighted by molar-refractivity contribution is 8.00. The number of hydrogen-bond donors (Lipinski definition) is 1. The number of nitrogens with one attached hydrogen (secondary N) is 1. The number of aryl methyl sites for hydroxylation is 1. The first kappa shape index (κ1) is 20.9. The molecule has 0 bridgehead atoms. The van der Waals surface area contributed by atoms with Gasteiger partial charge in [-0.2, -0.15) is 0 Å². The third-order valence-electron chi connectivity index (χ3n) is 5.25. The Morgan fingerprint density at radius 1 is 0.968 bits per heavy atom. The summed E-state index contributed by atoms with van der Waals surface area (Å²) in [6.07, 6.45) is 0. The van der Waals surface area contributed by atoms with Gasteiger partial charge in [-0.3, -0.25) is 14.2 Å². The van der Waals surface area contributed by atoms with Crippen molar-refractivity contribution in [2.45, 2.75) is 31.2 Å². The van der Waals surface area contributed by atoms with Crippen molar-refractivity contribution >= 4 is 34.3 Å². The second-order valence-corrected chi connectivity index (χ2v) is 8.69. The van der Waals surface area contributed by atoms with E-state index in [1.165, 1.54) is 11.8 Å². The summed E-state index contributed by atoms with van der Waals surface area (Å²) in [5.41, 5.74) is 4.08. The molecule has 31 heavy (non-hydrogen) atoms. The number of aromatic nitrogens is 2. The molecule has 1 heterocycles.